The molecule has 2 aliphatic heterocycles. The van der Waals surface area contributed by atoms with Crippen LogP contribution in [0.5, 0.6) is 5.75 Å². The highest BCUT2D eigenvalue weighted by atomic mass is 32.2. The second-order valence-electron chi connectivity index (χ2n) is 7.31. The third-order valence-corrected chi connectivity index (χ3v) is 6.36. The summed E-state index contributed by atoms with van der Waals surface area (Å²) in [6.07, 6.45) is 1.52. The molecule has 29 heavy (non-hydrogen) atoms. The minimum atomic E-state index is -0.217. The van der Waals surface area contributed by atoms with Crippen molar-refractivity contribution >= 4 is 29.3 Å². The molecule has 7 heteroatoms. The molecule has 0 bridgehead atoms. The van der Waals surface area contributed by atoms with Gasteiger partial charge in [0, 0.05) is 36.9 Å². The number of hydrogen-bond donors (Lipinski definition) is 2. The van der Waals surface area contributed by atoms with E-state index in [0.717, 1.165) is 29.2 Å². The van der Waals surface area contributed by atoms with Crippen molar-refractivity contribution in [2.24, 2.45) is 0 Å². The normalized spacial score (nSPS) is 20.9. The number of nitrogens with zero attached hydrogens (tertiary/aromatic N) is 1. The summed E-state index contributed by atoms with van der Waals surface area (Å²) in [6.45, 7) is 0.713. The molecule has 152 valence electrons. The van der Waals surface area contributed by atoms with Crippen molar-refractivity contribution < 1.29 is 14.3 Å². The first-order valence-corrected chi connectivity index (χ1v) is 10.9. The maximum atomic E-state index is 12.9. The topological polar surface area (TPSA) is 70.7 Å². The highest BCUT2D eigenvalue weighted by molar-refractivity contribution is 7.99. The molecule has 2 atom stereocenters. The van der Waals surface area contributed by atoms with Crippen LogP contribution in [-0.4, -0.2) is 37.0 Å². The fraction of sp³-hybridized carbons (Fsp3) is 0.364. The molecule has 0 saturated carbocycles. The Morgan fingerprint density at radius 3 is 2.97 bits per heavy atom. The van der Waals surface area contributed by atoms with E-state index in [2.05, 4.69) is 16.7 Å². The Hall–Kier alpha value is -2.51. The van der Waals surface area contributed by atoms with Gasteiger partial charge in [-0.05, 0) is 35.7 Å². The summed E-state index contributed by atoms with van der Waals surface area (Å²) in [4.78, 5) is 26.9. The SMILES string of the molecule is COc1cccc(CSC2NC(=O)CC(CC(=O)N3CCc4ccccc43)N2)c1. The first-order valence-electron chi connectivity index (χ1n) is 9.80. The van der Waals surface area contributed by atoms with E-state index >= 15 is 0 Å². The van der Waals surface area contributed by atoms with E-state index < -0.39 is 0 Å². The lowest BCUT2D eigenvalue weighted by Crippen LogP contribution is -2.55. The molecule has 2 aromatic rings. The number of fused-ring (bicyclic) bond motifs is 1. The Morgan fingerprint density at radius 2 is 2.10 bits per heavy atom. The maximum absolute atomic E-state index is 12.9. The standard InChI is InChI=1S/C22H25N3O3S/c1-28-18-7-4-5-15(11-18)14-29-22-23-17(12-20(26)24-22)13-21(27)25-10-9-16-6-2-3-8-19(16)25/h2-8,11,17,22-23H,9-10,12-14H2,1H3,(H,24,26). The number of para-hydroxylation sites is 1. The van der Waals surface area contributed by atoms with Gasteiger partial charge in [0.15, 0.2) is 0 Å². The molecule has 2 aliphatic rings. The zero-order valence-electron chi connectivity index (χ0n) is 16.4. The van der Waals surface area contributed by atoms with Crippen molar-refractivity contribution in [1.82, 2.24) is 10.6 Å². The molecule has 0 aromatic heterocycles. The predicted molar refractivity (Wildman–Crippen MR) is 115 cm³/mol. The summed E-state index contributed by atoms with van der Waals surface area (Å²) in [5.74, 6) is 1.60. The molecule has 0 aliphatic carbocycles. The van der Waals surface area contributed by atoms with Crippen molar-refractivity contribution in [2.45, 2.75) is 36.6 Å². The minimum Gasteiger partial charge on any atom is -0.497 e. The molecule has 2 aromatic carbocycles. The van der Waals surface area contributed by atoms with Gasteiger partial charge in [-0.25, -0.2) is 0 Å². The highest BCUT2D eigenvalue weighted by Gasteiger charge is 2.31. The number of carbonyl (C=O) groups is 2. The van der Waals surface area contributed by atoms with Crippen molar-refractivity contribution in [3.63, 3.8) is 0 Å². The van der Waals surface area contributed by atoms with Gasteiger partial charge in [0.25, 0.3) is 0 Å². The van der Waals surface area contributed by atoms with Gasteiger partial charge in [0.1, 0.15) is 11.2 Å². The predicted octanol–water partition coefficient (Wildman–Crippen LogP) is 2.67. The summed E-state index contributed by atoms with van der Waals surface area (Å²) >= 11 is 1.60. The van der Waals surface area contributed by atoms with E-state index in [1.807, 2.05) is 47.4 Å². The smallest absolute Gasteiger partial charge is 0.228 e. The monoisotopic (exact) mass is 411 g/mol. The number of thioether (sulfide) groups is 1. The molecule has 2 heterocycles. The van der Waals surface area contributed by atoms with Gasteiger partial charge in [-0.2, -0.15) is 0 Å². The van der Waals surface area contributed by atoms with Gasteiger partial charge in [-0.15, -0.1) is 11.8 Å². The van der Waals surface area contributed by atoms with Crippen LogP contribution in [-0.2, 0) is 21.8 Å². The zero-order valence-corrected chi connectivity index (χ0v) is 17.2. The molecular formula is C22H25N3O3S. The first-order chi connectivity index (χ1) is 14.1. The molecule has 2 N–H and O–H groups in total. The van der Waals surface area contributed by atoms with Gasteiger partial charge in [0.05, 0.1) is 7.11 Å². The molecule has 0 spiro atoms. The van der Waals surface area contributed by atoms with Crippen LogP contribution in [0.15, 0.2) is 48.5 Å². The van der Waals surface area contributed by atoms with Gasteiger partial charge >= 0.3 is 0 Å². The van der Waals surface area contributed by atoms with Crippen LogP contribution in [0.4, 0.5) is 5.69 Å². The van der Waals surface area contributed by atoms with E-state index in [9.17, 15) is 9.59 Å². The van der Waals surface area contributed by atoms with Crippen LogP contribution >= 0.6 is 11.8 Å². The number of methoxy groups -OCH3 is 1. The molecule has 2 unspecified atom stereocenters. The number of anilines is 1. The Balaban J connectivity index is 1.34. The number of nitrogens with one attached hydrogen (secondary N) is 2. The molecular weight excluding hydrogens is 386 g/mol. The minimum absolute atomic E-state index is 0.0217. The summed E-state index contributed by atoms with van der Waals surface area (Å²) < 4.78 is 5.26. The maximum Gasteiger partial charge on any atom is 0.228 e. The summed E-state index contributed by atoms with van der Waals surface area (Å²) in [5.41, 5.74) is 3.12. The van der Waals surface area contributed by atoms with Crippen LogP contribution in [0.1, 0.15) is 24.0 Å². The number of amides is 2. The number of rotatable bonds is 6. The summed E-state index contributed by atoms with van der Waals surface area (Å²) in [5, 5.41) is 6.37. The zero-order chi connectivity index (χ0) is 20.2. The lowest BCUT2D eigenvalue weighted by Gasteiger charge is -2.32. The Morgan fingerprint density at radius 1 is 1.24 bits per heavy atom. The van der Waals surface area contributed by atoms with E-state index in [-0.39, 0.29) is 23.4 Å². The van der Waals surface area contributed by atoms with Gasteiger partial charge < -0.3 is 15.0 Å². The van der Waals surface area contributed by atoms with E-state index in [0.29, 0.717) is 19.4 Å². The number of hydrogen-bond acceptors (Lipinski definition) is 5. The second kappa shape index (κ2) is 8.88. The molecule has 6 nitrogen and oxygen atoms in total. The summed E-state index contributed by atoms with van der Waals surface area (Å²) in [6, 6.07) is 15.8. The molecule has 1 fully saturated rings. The fourth-order valence-corrected chi connectivity index (χ4v) is 4.87. The first kappa shape index (κ1) is 19.8. The average molecular weight is 412 g/mol. The lowest BCUT2D eigenvalue weighted by atomic mass is 10.1. The lowest BCUT2D eigenvalue weighted by molar-refractivity contribution is -0.124. The molecule has 1 saturated heterocycles. The Labute approximate surface area is 175 Å². The number of benzene rings is 2. The van der Waals surface area contributed by atoms with Crippen LogP contribution in [0.25, 0.3) is 0 Å². The van der Waals surface area contributed by atoms with Crippen LogP contribution in [0.2, 0.25) is 0 Å². The largest absolute Gasteiger partial charge is 0.497 e. The average Bonchev–Trinajstić information content (AvgIpc) is 3.16. The van der Waals surface area contributed by atoms with Crippen molar-refractivity contribution in [1.29, 1.82) is 0 Å². The second-order valence-corrected chi connectivity index (χ2v) is 8.40. The summed E-state index contributed by atoms with van der Waals surface area (Å²) in [7, 11) is 1.65. The Kier molecular flexibility index (Phi) is 6.06. The van der Waals surface area contributed by atoms with Crippen molar-refractivity contribution in [2.75, 3.05) is 18.6 Å². The van der Waals surface area contributed by atoms with Crippen molar-refractivity contribution in [3.05, 3.63) is 59.7 Å². The third-order valence-electron chi connectivity index (χ3n) is 5.27. The molecule has 0 radical (unpaired) electrons. The Bertz CT molecular complexity index is 904. The van der Waals surface area contributed by atoms with Gasteiger partial charge in [0.2, 0.25) is 11.8 Å². The van der Waals surface area contributed by atoms with Gasteiger partial charge in [-0.1, -0.05) is 30.3 Å². The third kappa shape index (κ3) is 4.74. The highest BCUT2D eigenvalue weighted by Crippen LogP contribution is 2.29. The molecule has 4 rings (SSSR count). The van der Waals surface area contributed by atoms with E-state index in [1.165, 1.54) is 5.56 Å². The van der Waals surface area contributed by atoms with Gasteiger partial charge in [-0.3, -0.25) is 14.9 Å². The fourth-order valence-electron chi connectivity index (χ4n) is 3.82. The van der Waals surface area contributed by atoms with E-state index in [1.54, 1.807) is 18.9 Å². The van der Waals surface area contributed by atoms with Crippen molar-refractivity contribution in [3.8, 4) is 5.75 Å². The molecule has 2 amide bonds. The van der Waals surface area contributed by atoms with Crippen LogP contribution in [0.3, 0.4) is 0 Å². The number of ether oxygens (including phenoxy) is 1. The van der Waals surface area contributed by atoms with Crippen LogP contribution < -0.4 is 20.3 Å². The van der Waals surface area contributed by atoms with Crippen LogP contribution in [0, 0.1) is 0 Å². The quantitative estimate of drug-likeness (QED) is 0.765. The van der Waals surface area contributed by atoms with E-state index in [4.69, 9.17) is 4.74 Å². The number of carbonyl (C=O) groups excluding carboxylic acids is 2.